The number of unbranched alkanes of at least 4 members (excludes halogenated alkanes) is 3. The van der Waals surface area contributed by atoms with Gasteiger partial charge in [0.25, 0.3) is 0 Å². The van der Waals surface area contributed by atoms with Crippen molar-refractivity contribution in [3.63, 3.8) is 0 Å². The van der Waals surface area contributed by atoms with Crippen molar-refractivity contribution in [2.24, 2.45) is 0 Å². The highest BCUT2D eigenvalue weighted by molar-refractivity contribution is 7.19. The number of fused-ring (bicyclic) bond motifs is 1. The second-order valence-corrected chi connectivity index (χ2v) is 8.55. The molecule has 8 heteroatoms. The lowest BCUT2D eigenvalue weighted by molar-refractivity contribution is 0.0600. The number of hydrogen-bond acceptors (Lipinski definition) is 7. The third-order valence-corrected chi connectivity index (χ3v) is 6.27. The topological polar surface area (TPSA) is 75.0 Å². The molecule has 4 aromatic rings. The van der Waals surface area contributed by atoms with Gasteiger partial charge in [0.2, 0.25) is 4.96 Å². The van der Waals surface area contributed by atoms with Crippen LogP contribution in [0.2, 0.25) is 0 Å². The standard InChI is InChI=1S/C25H27N3O4S/c1-30-15-5-3-4-6-16-32-21-13-11-19(12-14-21)23-27-28-22(17-26-25(28)33-23)18-7-9-20(10-8-18)24(29)31-2/h7-14,17H,3-6,15-16H2,1-2H3. The summed E-state index contributed by atoms with van der Waals surface area (Å²) in [4.78, 5) is 17.0. The van der Waals surface area contributed by atoms with E-state index in [2.05, 4.69) is 4.98 Å². The van der Waals surface area contributed by atoms with E-state index in [1.165, 1.54) is 24.9 Å². The zero-order chi connectivity index (χ0) is 23.0. The lowest BCUT2D eigenvalue weighted by atomic mass is 10.1. The number of esters is 1. The molecule has 4 rings (SSSR count). The Morgan fingerprint density at radius 3 is 2.30 bits per heavy atom. The van der Waals surface area contributed by atoms with E-state index < -0.39 is 0 Å². The van der Waals surface area contributed by atoms with E-state index in [1.54, 1.807) is 25.4 Å². The summed E-state index contributed by atoms with van der Waals surface area (Å²) in [6.07, 6.45) is 6.25. The van der Waals surface area contributed by atoms with Crippen LogP contribution in [-0.4, -0.2) is 48.0 Å². The average molecular weight is 466 g/mol. The second kappa shape index (κ2) is 11.1. The lowest BCUT2D eigenvalue weighted by Gasteiger charge is -2.06. The van der Waals surface area contributed by atoms with E-state index in [-0.39, 0.29) is 5.97 Å². The van der Waals surface area contributed by atoms with Crippen LogP contribution >= 0.6 is 11.3 Å². The maximum atomic E-state index is 11.7. The fourth-order valence-electron chi connectivity index (χ4n) is 3.49. The number of aromatic nitrogens is 3. The molecule has 0 aliphatic heterocycles. The van der Waals surface area contributed by atoms with E-state index in [1.807, 2.05) is 40.9 Å². The summed E-state index contributed by atoms with van der Waals surface area (Å²) in [7, 11) is 3.11. The molecule has 7 nitrogen and oxygen atoms in total. The van der Waals surface area contributed by atoms with Gasteiger partial charge in [-0.1, -0.05) is 29.9 Å². The van der Waals surface area contributed by atoms with Crippen LogP contribution in [-0.2, 0) is 9.47 Å². The Morgan fingerprint density at radius 2 is 1.61 bits per heavy atom. The molecule has 2 heterocycles. The van der Waals surface area contributed by atoms with Gasteiger partial charge in [-0.3, -0.25) is 0 Å². The van der Waals surface area contributed by atoms with Crippen LogP contribution in [0.5, 0.6) is 5.75 Å². The molecule has 0 atom stereocenters. The van der Waals surface area contributed by atoms with E-state index >= 15 is 0 Å². The van der Waals surface area contributed by atoms with Gasteiger partial charge < -0.3 is 14.2 Å². The van der Waals surface area contributed by atoms with E-state index in [9.17, 15) is 4.79 Å². The van der Waals surface area contributed by atoms with Gasteiger partial charge in [0.1, 0.15) is 10.8 Å². The van der Waals surface area contributed by atoms with Gasteiger partial charge in [-0.15, -0.1) is 0 Å². The number of hydrogen-bond donors (Lipinski definition) is 0. The molecule has 0 spiro atoms. The fraction of sp³-hybridized carbons (Fsp3) is 0.320. The van der Waals surface area contributed by atoms with Gasteiger partial charge in [-0.05, 0) is 55.7 Å². The first-order chi connectivity index (χ1) is 16.2. The predicted molar refractivity (Wildman–Crippen MR) is 129 cm³/mol. The Labute approximate surface area is 196 Å². The summed E-state index contributed by atoms with van der Waals surface area (Å²) >= 11 is 1.53. The van der Waals surface area contributed by atoms with E-state index in [0.29, 0.717) is 5.56 Å². The monoisotopic (exact) mass is 465 g/mol. The Bertz CT molecular complexity index is 1180. The number of benzene rings is 2. The molecule has 0 fully saturated rings. The Morgan fingerprint density at radius 1 is 0.909 bits per heavy atom. The summed E-state index contributed by atoms with van der Waals surface area (Å²) < 4.78 is 17.5. The van der Waals surface area contributed by atoms with Crippen molar-refractivity contribution < 1.29 is 19.0 Å². The summed E-state index contributed by atoms with van der Waals surface area (Å²) in [6, 6.07) is 15.2. The van der Waals surface area contributed by atoms with Crippen LogP contribution in [0.15, 0.2) is 54.7 Å². The minimum Gasteiger partial charge on any atom is -0.494 e. The molecule has 0 amide bonds. The highest BCUT2D eigenvalue weighted by Gasteiger charge is 2.14. The number of methoxy groups -OCH3 is 2. The summed E-state index contributed by atoms with van der Waals surface area (Å²) in [5, 5.41) is 5.65. The molecule has 2 aromatic heterocycles. The highest BCUT2D eigenvalue weighted by atomic mass is 32.1. The number of carbonyl (C=O) groups is 1. The number of nitrogens with zero attached hydrogens (tertiary/aromatic N) is 3. The van der Waals surface area contributed by atoms with Crippen LogP contribution in [0.3, 0.4) is 0 Å². The minimum absolute atomic E-state index is 0.356. The maximum absolute atomic E-state index is 11.7. The van der Waals surface area contributed by atoms with Gasteiger partial charge in [0.15, 0.2) is 0 Å². The molecular formula is C25H27N3O4S. The largest absolute Gasteiger partial charge is 0.494 e. The predicted octanol–water partition coefficient (Wildman–Crippen LogP) is 5.50. The summed E-state index contributed by atoms with van der Waals surface area (Å²) in [5.74, 6) is 0.508. The van der Waals surface area contributed by atoms with Crippen molar-refractivity contribution in [2.45, 2.75) is 25.7 Å². The molecule has 0 aliphatic rings. The summed E-state index contributed by atoms with van der Waals surface area (Å²) in [6.45, 7) is 1.54. The molecule has 2 aromatic carbocycles. The van der Waals surface area contributed by atoms with Gasteiger partial charge in [0, 0.05) is 24.8 Å². The lowest BCUT2D eigenvalue weighted by Crippen LogP contribution is -2.00. The molecule has 0 N–H and O–H groups in total. The third kappa shape index (κ3) is 5.58. The van der Waals surface area contributed by atoms with Crippen molar-refractivity contribution in [3.05, 3.63) is 60.3 Å². The molecule has 0 saturated carbocycles. The summed E-state index contributed by atoms with van der Waals surface area (Å²) in [5.41, 5.74) is 3.33. The van der Waals surface area contributed by atoms with Gasteiger partial charge in [0.05, 0.1) is 31.2 Å². The Kier molecular flexibility index (Phi) is 7.70. The molecule has 0 radical (unpaired) electrons. The third-order valence-electron chi connectivity index (χ3n) is 5.30. The van der Waals surface area contributed by atoms with Crippen LogP contribution in [0, 0.1) is 0 Å². The Hall–Kier alpha value is -3.23. The normalized spacial score (nSPS) is 11.1. The second-order valence-electron chi connectivity index (χ2n) is 7.59. The van der Waals surface area contributed by atoms with Crippen LogP contribution < -0.4 is 4.74 Å². The van der Waals surface area contributed by atoms with Gasteiger partial charge >= 0.3 is 5.97 Å². The smallest absolute Gasteiger partial charge is 0.337 e. The maximum Gasteiger partial charge on any atom is 0.337 e. The zero-order valence-electron chi connectivity index (χ0n) is 18.8. The molecule has 0 unspecified atom stereocenters. The zero-order valence-corrected chi connectivity index (χ0v) is 19.6. The molecule has 0 bridgehead atoms. The first-order valence-electron chi connectivity index (χ1n) is 10.9. The number of carbonyl (C=O) groups excluding carboxylic acids is 1. The molecule has 172 valence electrons. The van der Waals surface area contributed by atoms with Crippen molar-refractivity contribution in [2.75, 3.05) is 27.4 Å². The first-order valence-corrected chi connectivity index (χ1v) is 11.8. The minimum atomic E-state index is -0.356. The van der Waals surface area contributed by atoms with E-state index in [4.69, 9.17) is 19.3 Å². The van der Waals surface area contributed by atoms with Crippen LogP contribution in [0.25, 0.3) is 26.8 Å². The highest BCUT2D eigenvalue weighted by Crippen LogP contribution is 2.30. The van der Waals surface area contributed by atoms with E-state index in [0.717, 1.165) is 65.0 Å². The Balaban J connectivity index is 1.40. The van der Waals surface area contributed by atoms with Crippen molar-refractivity contribution in [1.82, 2.24) is 14.6 Å². The quantitative estimate of drug-likeness (QED) is 0.215. The van der Waals surface area contributed by atoms with Gasteiger partial charge in [-0.25, -0.2) is 14.3 Å². The molecule has 0 saturated heterocycles. The van der Waals surface area contributed by atoms with Crippen LogP contribution in [0.1, 0.15) is 36.0 Å². The number of imidazole rings is 1. The SMILES string of the molecule is COCCCCCCOc1ccc(-c2nn3c(-c4ccc(C(=O)OC)cc4)cnc3s2)cc1. The number of ether oxygens (including phenoxy) is 3. The van der Waals surface area contributed by atoms with Gasteiger partial charge in [-0.2, -0.15) is 5.10 Å². The molecular weight excluding hydrogens is 438 g/mol. The van der Waals surface area contributed by atoms with Crippen molar-refractivity contribution in [1.29, 1.82) is 0 Å². The first kappa shape index (κ1) is 22.9. The van der Waals surface area contributed by atoms with Crippen molar-refractivity contribution >= 4 is 22.3 Å². The van der Waals surface area contributed by atoms with Crippen molar-refractivity contribution in [3.8, 4) is 27.6 Å². The average Bonchev–Trinajstić information content (AvgIpc) is 3.45. The number of rotatable bonds is 11. The fourth-order valence-corrected chi connectivity index (χ4v) is 4.37. The molecule has 33 heavy (non-hydrogen) atoms. The molecule has 0 aliphatic carbocycles. The van der Waals surface area contributed by atoms with Crippen LogP contribution in [0.4, 0.5) is 0 Å².